The van der Waals surface area contributed by atoms with Crippen molar-refractivity contribution in [2.24, 2.45) is 0 Å². The third-order valence-corrected chi connectivity index (χ3v) is 6.70. The number of allylic oxidation sites excluding steroid dienone is 1. The van der Waals surface area contributed by atoms with Gasteiger partial charge in [0.2, 0.25) is 9.84 Å². The number of nitrogens with zero attached hydrogens (tertiary/aromatic N) is 1. The van der Waals surface area contributed by atoms with Crippen molar-refractivity contribution in [1.29, 1.82) is 5.26 Å². The molecule has 0 saturated carbocycles. The third-order valence-electron chi connectivity index (χ3n) is 4.28. The lowest BCUT2D eigenvalue weighted by atomic mass is 10.2. The highest BCUT2D eigenvalue weighted by atomic mass is 35.5. The Balaban J connectivity index is 1.83. The lowest BCUT2D eigenvalue weighted by Crippen LogP contribution is -2.03. The Hall–Kier alpha value is -2.78. The highest BCUT2D eigenvalue weighted by Gasteiger charge is 2.20. The van der Waals surface area contributed by atoms with Crippen LogP contribution >= 0.6 is 23.2 Å². The van der Waals surface area contributed by atoms with E-state index in [2.05, 4.69) is 0 Å². The van der Waals surface area contributed by atoms with Crippen molar-refractivity contribution in [3.8, 4) is 11.8 Å². The summed E-state index contributed by atoms with van der Waals surface area (Å²) in [6.45, 7) is 2.12. The number of sulfone groups is 1. The largest absolute Gasteiger partial charge is 0.489 e. The number of rotatable bonds is 6. The first kappa shape index (κ1) is 21.9. The van der Waals surface area contributed by atoms with E-state index in [1.807, 2.05) is 6.92 Å². The van der Waals surface area contributed by atoms with E-state index in [1.54, 1.807) is 60.7 Å². The molecule has 3 rings (SSSR count). The van der Waals surface area contributed by atoms with E-state index in [0.717, 1.165) is 11.1 Å². The minimum absolute atomic E-state index is 0.0768. The summed E-state index contributed by atoms with van der Waals surface area (Å²) in [4.78, 5) is -0.263. The van der Waals surface area contributed by atoms with Gasteiger partial charge in [0, 0.05) is 0 Å². The fraction of sp³-hybridized carbons (Fsp3) is 0.0870. The molecule has 30 heavy (non-hydrogen) atoms. The van der Waals surface area contributed by atoms with Crippen LogP contribution in [0.4, 0.5) is 0 Å². The Morgan fingerprint density at radius 2 is 1.77 bits per heavy atom. The summed E-state index contributed by atoms with van der Waals surface area (Å²) in [7, 11) is -3.91. The van der Waals surface area contributed by atoms with Gasteiger partial charge in [-0.05, 0) is 60.5 Å². The maximum Gasteiger partial charge on any atom is 0.216 e. The molecule has 152 valence electrons. The highest BCUT2D eigenvalue weighted by molar-refractivity contribution is 7.95. The average Bonchev–Trinajstić information content (AvgIpc) is 2.73. The lowest BCUT2D eigenvalue weighted by Gasteiger charge is -2.08. The summed E-state index contributed by atoms with van der Waals surface area (Å²) in [5.74, 6) is 0.528. The molecule has 0 atom stereocenters. The zero-order valence-corrected chi connectivity index (χ0v) is 18.3. The van der Waals surface area contributed by atoms with Crippen LogP contribution in [-0.2, 0) is 16.4 Å². The highest BCUT2D eigenvalue weighted by Crippen LogP contribution is 2.25. The van der Waals surface area contributed by atoms with Gasteiger partial charge in [0.15, 0.2) is 0 Å². The standard InChI is InChI=1S/C23H17Cl2NO3S/c1-16-5-8-20(9-6-16)30(27,28)21(14-26)12-17-3-2-4-19(11-17)29-15-18-7-10-22(24)23(25)13-18/h2-13H,15H2,1H3. The maximum absolute atomic E-state index is 12.8. The van der Waals surface area contributed by atoms with Gasteiger partial charge in [-0.2, -0.15) is 5.26 Å². The van der Waals surface area contributed by atoms with Crippen molar-refractivity contribution in [2.75, 3.05) is 0 Å². The van der Waals surface area contributed by atoms with Gasteiger partial charge >= 0.3 is 0 Å². The van der Waals surface area contributed by atoms with Crippen molar-refractivity contribution in [3.05, 3.63) is 98.4 Å². The number of hydrogen-bond donors (Lipinski definition) is 0. The van der Waals surface area contributed by atoms with E-state index in [1.165, 1.54) is 18.2 Å². The molecule has 0 radical (unpaired) electrons. The molecule has 7 heteroatoms. The van der Waals surface area contributed by atoms with Gasteiger partial charge in [0.05, 0.1) is 14.9 Å². The number of benzene rings is 3. The molecule has 0 saturated heterocycles. The average molecular weight is 458 g/mol. The van der Waals surface area contributed by atoms with Crippen LogP contribution in [0.25, 0.3) is 6.08 Å². The van der Waals surface area contributed by atoms with Gasteiger partial charge in [-0.15, -0.1) is 0 Å². The van der Waals surface area contributed by atoms with E-state index in [4.69, 9.17) is 27.9 Å². The Bertz CT molecular complexity index is 1240. The van der Waals surface area contributed by atoms with Gasteiger partial charge < -0.3 is 4.74 Å². The quantitative estimate of drug-likeness (QED) is 0.412. The van der Waals surface area contributed by atoms with Crippen LogP contribution in [0.5, 0.6) is 5.75 Å². The second-order valence-corrected chi connectivity index (χ2v) is 9.28. The number of aryl methyl sites for hydroxylation is 1. The topological polar surface area (TPSA) is 67.2 Å². The Morgan fingerprint density at radius 3 is 2.43 bits per heavy atom. The van der Waals surface area contributed by atoms with Gasteiger partial charge in [0.1, 0.15) is 23.3 Å². The molecule has 0 spiro atoms. The van der Waals surface area contributed by atoms with Crippen LogP contribution in [0.1, 0.15) is 16.7 Å². The van der Waals surface area contributed by atoms with Crippen molar-refractivity contribution in [2.45, 2.75) is 18.4 Å². The number of ether oxygens (including phenoxy) is 1. The first-order valence-corrected chi connectivity index (χ1v) is 11.1. The van der Waals surface area contributed by atoms with Crippen LogP contribution < -0.4 is 4.74 Å². The summed E-state index contributed by atoms with van der Waals surface area (Å²) in [6, 6.07) is 20.2. The fourth-order valence-corrected chi connectivity index (χ4v) is 4.14. The zero-order valence-electron chi connectivity index (χ0n) is 16.0. The van der Waals surface area contributed by atoms with Crippen LogP contribution in [0.3, 0.4) is 0 Å². The molecular formula is C23H17Cl2NO3S. The third kappa shape index (κ3) is 5.22. The predicted molar refractivity (Wildman–Crippen MR) is 119 cm³/mol. The van der Waals surface area contributed by atoms with Crippen LogP contribution in [0.15, 0.2) is 76.5 Å². The summed E-state index contributed by atoms with van der Waals surface area (Å²) in [6.07, 6.45) is 1.33. The molecular weight excluding hydrogens is 441 g/mol. The predicted octanol–water partition coefficient (Wildman–Crippen LogP) is 6.22. The van der Waals surface area contributed by atoms with Gasteiger partial charge in [-0.25, -0.2) is 8.42 Å². The van der Waals surface area contributed by atoms with Crippen molar-refractivity contribution >= 4 is 39.1 Å². The molecule has 0 aromatic heterocycles. The number of halogens is 2. The van der Waals surface area contributed by atoms with E-state index in [-0.39, 0.29) is 16.4 Å². The number of nitriles is 1. The second kappa shape index (κ2) is 9.36. The van der Waals surface area contributed by atoms with E-state index >= 15 is 0 Å². The molecule has 0 aliphatic rings. The molecule has 0 amide bonds. The normalized spacial score (nSPS) is 11.7. The van der Waals surface area contributed by atoms with Crippen molar-refractivity contribution in [1.82, 2.24) is 0 Å². The summed E-state index contributed by atoms with van der Waals surface area (Å²) < 4.78 is 31.3. The first-order valence-electron chi connectivity index (χ1n) is 8.90. The molecule has 4 nitrogen and oxygen atoms in total. The molecule has 0 aliphatic carbocycles. The molecule has 0 fully saturated rings. The summed E-state index contributed by atoms with van der Waals surface area (Å²) in [5.41, 5.74) is 2.31. The van der Waals surface area contributed by atoms with Crippen molar-refractivity contribution < 1.29 is 13.2 Å². The lowest BCUT2D eigenvalue weighted by molar-refractivity contribution is 0.306. The Kier molecular flexibility index (Phi) is 6.84. The van der Waals surface area contributed by atoms with Gasteiger partial charge in [-0.1, -0.05) is 59.1 Å². The molecule has 0 unspecified atom stereocenters. The number of hydrogen-bond acceptors (Lipinski definition) is 4. The SMILES string of the molecule is Cc1ccc(S(=O)(=O)C(C#N)=Cc2cccc(OCc3ccc(Cl)c(Cl)c3)c2)cc1. The van der Waals surface area contributed by atoms with E-state index in [9.17, 15) is 13.7 Å². The monoisotopic (exact) mass is 457 g/mol. The Morgan fingerprint density at radius 1 is 1.03 bits per heavy atom. The van der Waals surface area contributed by atoms with Crippen LogP contribution in [0, 0.1) is 18.3 Å². The molecule has 0 heterocycles. The minimum atomic E-state index is -3.91. The molecule has 3 aromatic rings. The molecule has 3 aromatic carbocycles. The molecule has 0 bridgehead atoms. The molecule has 0 N–H and O–H groups in total. The van der Waals surface area contributed by atoms with E-state index < -0.39 is 9.84 Å². The van der Waals surface area contributed by atoms with Crippen molar-refractivity contribution in [3.63, 3.8) is 0 Å². The first-order chi connectivity index (χ1) is 14.3. The molecule has 0 aliphatic heterocycles. The van der Waals surface area contributed by atoms with Gasteiger partial charge in [0.25, 0.3) is 0 Å². The van der Waals surface area contributed by atoms with Crippen LogP contribution in [0.2, 0.25) is 10.0 Å². The summed E-state index contributed by atoms with van der Waals surface area (Å²) in [5, 5.41) is 10.4. The fourth-order valence-electron chi connectivity index (χ4n) is 2.66. The minimum Gasteiger partial charge on any atom is -0.489 e. The van der Waals surface area contributed by atoms with Crippen LogP contribution in [-0.4, -0.2) is 8.42 Å². The zero-order chi connectivity index (χ0) is 21.7. The Labute approximate surface area is 185 Å². The van der Waals surface area contributed by atoms with E-state index in [0.29, 0.717) is 21.4 Å². The maximum atomic E-state index is 12.8. The van der Waals surface area contributed by atoms with Gasteiger partial charge in [-0.3, -0.25) is 0 Å². The second-order valence-electron chi connectivity index (χ2n) is 6.55. The smallest absolute Gasteiger partial charge is 0.216 e. The summed E-state index contributed by atoms with van der Waals surface area (Å²) >= 11 is 11.9.